The standard InChI is InChI=1S/C10H14N4S2/c1-4-8-13-10(16-14-8)11-5-9-12-6(2)7(3)15-9/h4-5H2,1-3H3,(H,11,13,14). The molecule has 0 atom stereocenters. The Morgan fingerprint density at radius 2 is 2.06 bits per heavy atom. The largest absolute Gasteiger partial charge is 0.354 e. The highest BCUT2D eigenvalue weighted by Gasteiger charge is 2.05. The zero-order valence-corrected chi connectivity index (χ0v) is 11.2. The highest BCUT2D eigenvalue weighted by molar-refractivity contribution is 7.11. The minimum Gasteiger partial charge on any atom is -0.354 e. The Bertz CT molecular complexity index is 455. The SMILES string of the molecule is CCc1nsc(NCc2nc(C)c(C)s2)n1. The molecule has 2 heterocycles. The lowest BCUT2D eigenvalue weighted by Crippen LogP contribution is -1.98. The van der Waals surface area contributed by atoms with Gasteiger partial charge in [-0.2, -0.15) is 4.37 Å². The van der Waals surface area contributed by atoms with Crippen molar-refractivity contribution < 1.29 is 0 Å². The molecule has 0 fully saturated rings. The first-order valence-electron chi connectivity index (χ1n) is 5.18. The van der Waals surface area contributed by atoms with Crippen molar-refractivity contribution >= 4 is 28.0 Å². The zero-order valence-electron chi connectivity index (χ0n) is 9.57. The van der Waals surface area contributed by atoms with Gasteiger partial charge in [-0.1, -0.05) is 6.92 Å². The summed E-state index contributed by atoms with van der Waals surface area (Å²) in [6.45, 7) is 6.92. The van der Waals surface area contributed by atoms with Gasteiger partial charge in [0.25, 0.3) is 0 Å². The van der Waals surface area contributed by atoms with Crippen LogP contribution in [0.15, 0.2) is 0 Å². The Kier molecular flexibility index (Phi) is 3.50. The molecule has 2 aromatic rings. The average Bonchev–Trinajstić information content (AvgIpc) is 2.84. The third kappa shape index (κ3) is 2.56. The zero-order chi connectivity index (χ0) is 11.5. The van der Waals surface area contributed by atoms with Gasteiger partial charge in [-0.15, -0.1) is 11.3 Å². The normalized spacial score (nSPS) is 10.7. The Morgan fingerprint density at radius 3 is 2.62 bits per heavy atom. The Morgan fingerprint density at radius 1 is 1.25 bits per heavy atom. The van der Waals surface area contributed by atoms with Crippen LogP contribution in [0.25, 0.3) is 0 Å². The molecule has 86 valence electrons. The number of aryl methyl sites for hydroxylation is 3. The Labute approximate surface area is 103 Å². The molecule has 2 aromatic heterocycles. The molecular weight excluding hydrogens is 240 g/mol. The molecule has 0 saturated carbocycles. The first-order valence-corrected chi connectivity index (χ1v) is 6.77. The minimum atomic E-state index is 0.734. The molecule has 0 radical (unpaired) electrons. The molecule has 4 nitrogen and oxygen atoms in total. The number of anilines is 1. The van der Waals surface area contributed by atoms with E-state index >= 15 is 0 Å². The van der Waals surface area contributed by atoms with Crippen LogP contribution in [0.3, 0.4) is 0 Å². The lowest BCUT2D eigenvalue weighted by Gasteiger charge is -1.96. The number of hydrogen-bond donors (Lipinski definition) is 1. The van der Waals surface area contributed by atoms with E-state index in [9.17, 15) is 0 Å². The molecule has 16 heavy (non-hydrogen) atoms. The van der Waals surface area contributed by atoms with Gasteiger partial charge >= 0.3 is 0 Å². The van der Waals surface area contributed by atoms with Crippen molar-refractivity contribution in [3.63, 3.8) is 0 Å². The molecule has 0 aliphatic heterocycles. The van der Waals surface area contributed by atoms with E-state index in [-0.39, 0.29) is 0 Å². The summed E-state index contributed by atoms with van der Waals surface area (Å²) in [6, 6.07) is 0. The van der Waals surface area contributed by atoms with Gasteiger partial charge in [0.05, 0.1) is 12.2 Å². The Hall–Kier alpha value is -1.01. The van der Waals surface area contributed by atoms with Crippen LogP contribution in [0.1, 0.15) is 28.3 Å². The molecular formula is C10H14N4S2. The van der Waals surface area contributed by atoms with E-state index in [0.717, 1.165) is 34.6 Å². The van der Waals surface area contributed by atoms with E-state index in [2.05, 4.69) is 33.5 Å². The van der Waals surface area contributed by atoms with Crippen molar-refractivity contribution in [1.82, 2.24) is 14.3 Å². The summed E-state index contributed by atoms with van der Waals surface area (Å²) in [5.41, 5.74) is 1.12. The lowest BCUT2D eigenvalue weighted by atomic mass is 10.4. The van der Waals surface area contributed by atoms with Gasteiger partial charge in [0.2, 0.25) is 5.13 Å². The fraction of sp³-hybridized carbons (Fsp3) is 0.500. The van der Waals surface area contributed by atoms with Crippen molar-refractivity contribution in [2.75, 3.05) is 5.32 Å². The maximum absolute atomic E-state index is 4.46. The van der Waals surface area contributed by atoms with E-state index < -0.39 is 0 Å². The van der Waals surface area contributed by atoms with Crippen molar-refractivity contribution in [2.45, 2.75) is 33.7 Å². The summed E-state index contributed by atoms with van der Waals surface area (Å²) in [6.07, 6.45) is 0.883. The van der Waals surface area contributed by atoms with E-state index in [1.807, 2.05) is 6.92 Å². The molecule has 0 aliphatic rings. The summed E-state index contributed by atoms with van der Waals surface area (Å²) in [7, 11) is 0. The number of rotatable bonds is 4. The van der Waals surface area contributed by atoms with E-state index in [0.29, 0.717) is 0 Å². The summed E-state index contributed by atoms with van der Waals surface area (Å²) < 4.78 is 4.22. The van der Waals surface area contributed by atoms with Gasteiger partial charge in [-0.25, -0.2) is 9.97 Å². The summed E-state index contributed by atoms with van der Waals surface area (Å²) in [4.78, 5) is 10.1. The number of nitrogens with zero attached hydrogens (tertiary/aromatic N) is 3. The molecule has 0 aromatic carbocycles. The third-order valence-corrected chi connectivity index (χ3v) is 4.03. The van der Waals surface area contributed by atoms with E-state index in [1.54, 1.807) is 11.3 Å². The molecule has 6 heteroatoms. The topological polar surface area (TPSA) is 50.7 Å². The quantitative estimate of drug-likeness (QED) is 0.911. The van der Waals surface area contributed by atoms with Gasteiger partial charge in [0.1, 0.15) is 10.8 Å². The second kappa shape index (κ2) is 4.88. The number of hydrogen-bond acceptors (Lipinski definition) is 6. The van der Waals surface area contributed by atoms with Crippen LogP contribution < -0.4 is 5.32 Å². The Balaban J connectivity index is 1.96. The summed E-state index contributed by atoms with van der Waals surface area (Å²) in [5.74, 6) is 0.902. The molecule has 1 N–H and O–H groups in total. The minimum absolute atomic E-state index is 0.734. The fourth-order valence-corrected chi connectivity index (χ4v) is 2.75. The highest BCUT2D eigenvalue weighted by atomic mass is 32.1. The molecule has 0 saturated heterocycles. The second-order valence-corrected chi connectivity index (χ2v) is 5.51. The smallest absolute Gasteiger partial charge is 0.202 e. The maximum Gasteiger partial charge on any atom is 0.202 e. The van der Waals surface area contributed by atoms with Gasteiger partial charge in [-0.05, 0) is 13.8 Å². The predicted molar refractivity (Wildman–Crippen MR) is 68.2 cm³/mol. The van der Waals surface area contributed by atoms with Gasteiger partial charge < -0.3 is 5.32 Å². The van der Waals surface area contributed by atoms with Crippen LogP contribution >= 0.6 is 22.9 Å². The van der Waals surface area contributed by atoms with Gasteiger partial charge in [0.15, 0.2) is 0 Å². The van der Waals surface area contributed by atoms with Crippen molar-refractivity contribution in [2.24, 2.45) is 0 Å². The van der Waals surface area contributed by atoms with Crippen molar-refractivity contribution in [3.05, 3.63) is 21.4 Å². The van der Waals surface area contributed by atoms with Crippen LogP contribution in [0.2, 0.25) is 0 Å². The molecule has 0 amide bonds. The number of nitrogens with one attached hydrogen (secondary N) is 1. The summed E-state index contributed by atoms with van der Waals surface area (Å²) in [5, 5.41) is 5.23. The van der Waals surface area contributed by atoms with E-state index in [1.165, 1.54) is 16.4 Å². The maximum atomic E-state index is 4.46. The van der Waals surface area contributed by atoms with E-state index in [4.69, 9.17) is 0 Å². The molecule has 0 unspecified atom stereocenters. The van der Waals surface area contributed by atoms with Crippen LogP contribution in [-0.4, -0.2) is 14.3 Å². The summed E-state index contributed by atoms with van der Waals surface area (Å²) >= 11 is 3.14. The molecule has 2 rings (SSSR count). The predicted octanol–water partition coefficient (Wildman–Crippen LogP) is 2.79. The van der Waals surface area contributed by atoms with Gasteiger partial charge in [0, 0.05) is 22.8 Å². The van der Waals surface area contributed by atoms with Crippen LogP contribution in [0.5, 0.6) is 0 Å². The van der Waals surface area contributed by atoms with Gasteiger partial charge in [-0.3, -0.25) is 0 Å². The van der Waals surface area contributed by atoms with Crippen LogP contribution in [0, 0.1) is 13.8 Å². The monoisotopic (exact) mass is 254 g/mol. The molecule has 0 bridgehead atoms. The lowest BCUT2D eigenvalue weighted by molar-refractivity contribution is 0.989. The van der Waals surface area contributed by atoms with Crippen LogP contribution in [-0.2, 0) is 13.0 Å². The average molecular weight is 254 g/mol. The molecule has 0 spiro atoms. The third-order valence-electron chi connectivity index (χ3n) is 2.25. The second-order valence-electron chi connectivity index (χ2n) is 3.47. The van der Waals surface area contributed by atoms with Crippen LogP contribution in [0.4, 0.5) is 5.13 Å². The molecule has 0 aliphatic carbocycles. The van der Waals surface area contributed by atoms with Crippen molar-refractivity contribution in [3.8, 4) is 0 Å². The highest BCUT2D eigenvalue weighted by Crippen LogP contribution is 2.18. The fourth-order valence-electron chi connectivity index (χ4n) is 1.24. The number of thiazole rings is 1. The number of aromatic nitrogens is 3. The first-order chi connectivity index (χ1) is 7.69. The van der Waals surface area contributed by atoms with Crippen molar-refractivity contribution in [1.29, 1.82) is 0 Å². The first kappa shape index (κ1) is 11.5.